The lowest BCUT2D eigenvalue weighted by Crippen LogP contribution is -2.37. The van der Waals surface area contributed by atoms with E-state index in [2.05, 4.69) is 26.0 Å². The summed E-state index contributed by atoms with van der Waals surface area (Å²) in [5, 5.41) is 1.35. The van der Waals surface area contributed by atoms with Crippen molar-refractivity contribution in [1.82, 2.24) is 9.47 Å². The molecule has 1 aliphatic rings. The first-order chi connectivity index (χ1) is 13.0. The number of benzene rings is 2. The van der Waals surface area contributed by atoms with Crippen molar-refractivity contribution < 1.29 is 4.79 Å². The molecular formula is C23H24N2O2. The van der Waals surface area contributed by atoms with Gasteiger partial charge in [-0.05, 0) is 29.5 Å². The van der Waals surface area contributed by atoms with Gasteiger partial charge in [-0.25, -0.2) is 0 Å². The largest absolute Gasteiger partial charge is 0.334 e. The average molecular weight is 360 g/mol. The van der Waals surface area contributed by atoms with Gasteiger partial charge in [0, 0.05) is 36.6 Å². The van der Waals surface area contributed by atoms with Gasteiger partial charge in [0.2, 0.25) is 0 Å². The lowest BCUT2D eigenvalue weighted by molar-refractivity contribution is 0.0735. The Labute approximate surface area is 159 Å². The van der Waals surface area contributed by atoms with Crippen molar-refractivity contribution in [2.24, 2.45) is 5.92 Å². The first-order valence-corrected chi connectivity index (χ1v) is 9.53. The Kier molecular flexibility index (Phi) is 4.56. The maximum atomic E-state index is 13.4. The van der Waals surface area contributed by atoms with Gasteiger partial charge >= 0.3 is 0 Å². The van der Waals surface area contributed by atoms with Gasteiger partial charge in [-0.2, -0.15) is 0 Å². The van der Waals surface area contributed by atoms with Crippen molar-refractivity contribution in [2.45, 2.75) is 33.4 Å². The molecule has 2 heterocycles. The topological polar surface area (TPSA) is 42.3 Å². The van der Waals surface area contributed by atoms with Crippen molar-refractivity contribution >= 4 is 16.7 Å². The molecule has 0 bridgehead atoms. The van der Waals surface area contributed by atoms with Crippen molar-refractivity contribution in [3.63, 3.8) is 0 Å². The van der Waals surface area contributed by atoms with Gasteiger partial charge in [-0.3, -0.25) is 9.59 Å². The second-order valence-corrected chi connectivity index (χ2v) is 7.69. The van der Waals surface area contributed by atoms with E-state index < -0.39 is 0 Å². The summed E-state index contributed by atoms with van der Waals surface area (Å²) < 4.78 is 1.69. The van der Waals surface area contributed by atoms with Crippen LogP contribution in [0.2, 0.25) is 0 Å². The van der Waals surface area contributed by atoms with E-state index in [9.17, 15) is 9.59 Å². The lowest BCUT2D eigenvalue weighted by Gasteiger charge is -2.29. The van der Waals surface area contributed by atoms with Crippen LogP contribution >= 0.6 is 0 Å². The van der Waals surface area contributed by atoms with Crippen molar-refractivity contribution in [3.8, 4) is 0 Å². The third kappa shape index (κ3) is 3.27. The molecule has 1 aromatic heterocycles. The van der Waals surface area contributed by atoms with Gasteiger partial charge in [0.25, 0.3) is 11.5 Å². The first-order valence-electron chi connectivity index (χ1n) is 9.53. The second kappa shape index (κ2) is 7.03. The number of fused-ring (bicyclic) bond motifs is 2. The fourth-order valence-corrected chi connectivity index (χ4v) is 3.88. The molecular weight excluding hydrogens is 336 g/mol. The van der Waals surface area contributed by atoms with Gasteiger partial charge in [0.15, 0.2) is 0 Å². The molecule has 3 aromatic rings. The molecule has 1 aliphatic heterocycles. The van der Waals surface area contributed by atoms with Crippen LogP contribution in [0.5, 0.6) is 0 Å². The van der Waals surface area contributed by atoms with Crippen LogP contribution in [0.15, 0.2) is 59.5 Å². The van der Waals surface area contributed by atoms with Gasteiger partial charge in [0.1, 0.15) is 0 Å². The molecule has 0 radical (unpaired) electrons. The maximum Gasteiger partial charge on any atom is 0.258 e. The minimum atomic E-state index is -0.0279. The van der Waals surface area contributed by atoms with E-state index in [1.165, 1.54) is 11.1 Å². The monoisotopic (exact) mass is 360 g/mol. The van der Waals surface area contributed by atoms with E-state index in [1.54, 1.807) is 10.8 Å². The van der Waals surface area contributed by atoms with Crippen molar-refractivity contribution in [2.75, 3.05) is 6.54 Å². The fourth-order valence-electron chi connectivity index (χ4n) is 3.88. The minimum Gasteiger partial charge on any atom is -0.334 e. The third-order valence-corrected chi connectivity index (χ3v) is 5.20. The van der Waals surface area contributed by atoms with E-state index in [0.717, 1.165) is 11.8 Å². The van der Waals surface area contributed by atoms with Gasteiger partial charge in [-0.1, -0.05) is 56.3 Å². The first kappa shape index (κ1) is 17.5. The number of carbonyl (C=O) groups excluding carboxylic acids is 1. The molecule has 0 atom stereocenters. The molecule has 0 N–H and O–H groups in total. The number of pyridine rings is 1. The molecule has 27 heavy (non-hydrogen) atoms. The standard InChI is InChI=1S/C23H24N2O2/c1-16(2)13-25-15-21(19-9-5-6-10-20(19)22(25)26)23(27)24-12-11-17-7-3-4-8-18(17)14-24/h3-10,15-16H,11-14H2,1-2H3. The van der Waals surface area contributed by atoms with Gasteiger partial charge in [0.05, 0.1) is 5.56 Å². The quantitative estimate of drug-likeness (QED) is 0.712. The summed E-state index contributed by atoms with van der Waals surface area (Å²) in [5.74, 6) is 0.326. The summed E-state index contributed by atoms with van der Waals surface area (Å²) in [6.45, 7) is 6.07. The zero-order chi connectivity index (χ0) is 19.0. The SMILES string of the molecule is CC(C)Cn1cc(C(=O)N2CCc3ccccc3C2)c2ccccc2c1=O. The average Bonchev–Trinajstić information content (AvgIpc) is 2.69. The number of carbonyl (C=O) groups is 1. The summed E-state index contributed by atoms with van der Waals surface area (Å²) in [6.07, 6.45) is 2.62. The molecule has 1 amide bonds. The molecule has 2 aromatic carbocycles. The van der Waals surface area contributed by atoms with Gasteiger partial charge in [-0.15, -0.1) is 0 Å². The zero-order valence-corrected chi connectivity index (χ0v) is 15.8. The number of hydrogen-bond donors (Lipinski definition) is 0. The normalized spacial score (nSPS) is 13.8. The highest BCUT2D eigenvalue weighted by Gasteiger charge is 2.24. The molecule has 4 rings (SSSR count). The molecule has 0 saturated carbocycles. The zero-order valence-electron chi connectivity index (χ0n) is 15.8. The summed E-state index contributed by atoms with van der Waals surface area (Å²) >= 11 is 0. The number of aromatic nitrogens is 1. The van der Waals surface area contributed by atoms with Crippen LogP contribution in [0.4, 0.5) is 0 Å². The number of rotatable bonds is 3. The summed E-state index contributed by atoms with van der Waals surface area (Å²) in [7, 11) is 0. The number of amides is 1. The Hall–Kier alpha value is -2.88. The molecule has 4 heteroatoms. The fraction of sp³-hybridized carbons (Fsp3) is 0.304. The van der Waals surface area contributed by atoms with E-state index in [1.807, 2.05) is 41.3 Å². The van der Waals surface area contributed by atoms with Crippen LogP contribution in [0.1, 0.15) is 35.3 Å². The van der Waals surface area contributed by atoms with Crippen LogP contribution in [0, 0.1) is 5.92 Å². The lowest BCUT2D eigenvalue weighted by atomic mass is 9.98. The van der Waals surface area contributed by atoms with Crippen LogP contribution in [-0.2, 0) is 19.5 Å². The Balaban J connectivity index is 1.78. The van der Waals surface area contributed by atoms with Crippen LogP contribution in [0.25, 0.3) is 10.8 Å². The molecule has 0 unspecified atom stereocenters. The molecule has 0 fully saturated rings. The summed E-state index contributed by atoms with van der Waals surface area (Å²) in [6, 6.07) is 15.7. The van der Waals surface area contributed by atoms with Crippen LogP contribution in [-0.4, -0.2) is 21.9 Å². The van der Waals surface area contributed by atoms with Crippen LogP contribution in [0.3, 0.4) is 0 Å². The number of nitrogens with zero attached hydrogens (tertiary/aromatic N) is 2. The highest BCUT2D eigenvalue weighted by molar-refractivity contribution is 6.06. The van der Waals surface area contributed by atoms with Crippen molar-refractivity contribution in [3.05, 3.63) is 81.8 Å². The third-order valence-electron chi connectivity index (χ3n) is 5.20. The Bertz CT molecular complexity index is 1070. The van der Waals surface area contributed by atoms with Crippen molar-refractivity contribution in [1.29, 1.82) is 0 Å². The predicted molar refractivity (Wildman–Crippen MR) is 108 cm³/mol. The molecule has 0 saturated heterocycles. The molecule has 0 spiro atoms. The van der Waals surface area contributed by atoms with E-state index in [4.69, 9.17) is 0 Å². The Morgan fingerprint density at radius 1 is 1.00 bits per heavy atom. The predicted octanol–water partition coefficient (Wildman–Crippen LogP) is 3.86. The highest BCUT2D eigenvalue weighted by atomic mass is 16.2. The molecule has 138 valence electrons. The Morgan fingerprint density at radius 3 is 2.41 bits per heavy atom. The van der Waals surface area contributed by atoms with Crippen LogP contribution < -0.4 is 5.56 Å². The molecule has 0 aliphatic carbocycles. The van der Waals surface area contributed by atoms with Gasteiger partial charge < -0.3 is 9.47 Å². The Morgan fingerprint density at radius 2 is 1.67 bits per heavy atom. The summed E-state index contributed by atoms with van der Waals surface area (Å²) in [4.78, 5) is 28.1. The second-order valence-electron chi connectivity index (χ2n) is 7.69. The minimum absolute atomic E-state index is 0.00166. The highest BCUT2D eigenvalue weighted by Crippen LogP contribution is 2.23. The smallest absolute Gasteiger partial charge is 0.258 e. The maximum absolute atomic E-state index is 13.4. The number of hydrogen-bond acceptors (Lipinski definition) is 2. The molecule has 4 nitrogen and oxygen atoms in total. The van der Waals surface area contributed by atoms with E-state index in [-0.39, 0.29) is 11.5 Å². The van der Waals surface area contributed by atoms with E-state index >= 15 is 0 Å². The van der Waals surface area contributed by atoms with E-state index in [0.29, 0.717) is 36.5 Å². The summed E-state index contributed by atoms with van der Waals surface area (Å²) in [5.41, 5.74) is 3.11.